The van der Waals surface area contributed by atoms with Crippen molar-refractivity contribution in [2.75, 3.05) is 5.33 Å². The van der Waals surface area contributed by atoms with E-state index in [1.165, 1.54) is 32.1 Å². The molecule has 0 saturated heterocycles. The highest BCUT2D eigenvalue weighted by atomic mass is 79.9. The van der Waals surface area contributed by atoms with Crippen LogP contribution in [0.2, 0.25) is 0 Å². The van der Waals surface area contributed by atoms with E-state index in [9.17, 15) is 4.79 Å². The molecule has 2 rings (SSSR count). The third kappa shape index (κ3) is 2.74. The second-order valence-corrected chi connectivity index (χ2v) is 5.73. The highest BCUT2D eigenvalue weighted by molar-refractivity contribution is 9.09. The van der Waals surface area contributed by atoms with Gasteiger partial charge in [-0.15, -0.1) is 0 Å². The van der Waals surface area contributed by atoms with Gasteiger partial charge in [0.25, 0.3) is 0 Å². The molecule has 0 aromatic rings. The SMILES string of the molecule is O=C(CC1CCC1)NC1(CBr)CCCC1. The molecule has 2 fully saturated rings. The average Bonchev–Trinajstić information content (AvgIpc) is 2.61. The molecule has 0 aromatic carbocycles. The van der Waals surface area contributed by atoms with Crippen LogP contribution in [0.3, 0.4) is 0 Å². The van der Waals surface area contributed by atoms with Crippen LogP contribution in [0.4, 0.5) is 0 Å². The number of alkyl halides is 1. The van der Waals surface area contributed by atoms with Gasteiger partial charge in [-0.25, -0.2) is 0 Å². The van der Waals surface area contributed by atoms with Gasteiger partial charge >= 0.3 is 0 Å². The molecule has 2 aliphatic carbocycles. The van der Waals surface area contributed by atoms with Gasteiger partial charge < -0.3 is 5.32 Å². The molecule has 1 N–H and O–H groups in total. The van der Waals surface area contributed by atoms with E-state index in [1.54, 1.807) is 0 Å². The number of hydrogen-bond donors (Lipinski definition) is 1. The minimum absolute atomic E-state index is 0.0842. The number of rotatable bonds is 4. The molecule has 0 aromatic heterocycles. The fourth-order valence-electron chi connectivity index (χ4n) is 2.65. The maximum atomic E-state index is 11.8. The van der Waals surface area contributed by atoms with Gasteiger partial charge in [0.05, 0.1) is 0 Å². The summed E-state index contributed by atoms with van der Waals surface area (Å²) in [6.07, 6.45) is 9.41. The number of carbonyl (C=O) groups is 1. The van der Waals surface area contributed by atoms with Gasteiger partial charge in [-0.2, -0.15) is 0 Å². The molecule has 86 valence electrons. The number of nitrogens with one attached hydrogen (secondary N) is 1. The lowest BCUT2D eigenvalue weighted by molar-refractivity contribution is -0.124. The van der Waals surface area contributed by atoms with E-state index in [0.29, 0.717) is 5.92 Å². The zero-order chi connectivity index (χ0) is 10.7. The lowest BCUT2D eigenvalue weighted by Gasteiger charge is -2.31. The summed E-state index contributed by atoms with van der Waals surface area (Å²) < 4.78 is 0. The first-order valence-corrected chi connectivity index (χ1v) is 7.23. The Bertz CT molecular complexity index is 232. The smallest absolute Gasteiger partial charge is 0.220 e. The van der Waals surface area contributed by atoms with Gasteiger partial charge in [0.15, 0.2) is 0 Å². The molecule has 0 heterocycles. The summed E-state index contributed by atoms with van der Waals surface area (Å²) in [4.78, 5) is 11.8. The van der Waals surface area contributed by atoms with Crippen molar-refractivity contribution in [3.05, 3.63) is 0 Å². The van der Waals surface area contributed by atoms with E-state index in [-0.39, 0.29) is 11.4 Å². The second-order valence-electron chi connectivity index (χ2n) is 5.17. The summed E-state index contributed by atoms with van der Waals surface area (Å²) in [5.41, 5.74) is 0.0842. The molecule has 0 bridgehead atoms. The van der Waals surface area contributed by atoms with Crippen molar-refractivity contribution in [2.45, 2.75) is 56.9 Å². The standard InChI is InChI=1S/C12H20BrNO/c13-9-12(6-1-2-7-12)14-11(15)8-10-4-3-5-10/h10H,1-9H2,(H,14,15). The Kier molecular flexibility index (Phi) is 3.70. The van der Waals surface area contributed by atoms with E-state index >= 15 is 0 Å². The van der Waals surface area contributed by atoms with Crippen molar-refractivity contribution in [3.63, 3.8) is 0 Å². The summed E-state index contributed by atoms with van der Waals surface area (Å²) in [5.74, 6) is 0.958. The predicted molar refractivity (Wildman–Crippen MR) is 65.1 cm³/mol. The van der Waals surface area contributed by atoms with E-state index < -0.39 is 0 Å². The van der Waals surface area contributed by atoms with Crippen molar-refractivity contribution in [3.8, 4) is 0 Å². The Labute approximate surface area is 100 Å². The summed E-state index contributed by atoms with van der Waals surface area (Å²) in [7, 11) is 0. The van der Waals surface area contributed by atoms with E-state index in [2.05, 4.69) is 21.2 Å². The monoisotopic (exact) mass is 273 g/mol. The van der Waals surface area contributed by atoms with Crippen LogP contribution in [0.15, 0.2) is 0 Å². The molecule has 1 amide bonds. The van der Waals surface area contributed by atoms with Gasteiger partial charge in [-0.05, 0) is 31.6 Å². The maximum Gasteiger partial charge on any atom is 0.220 e. The first-order chi connectivity index (χ1) is 7.24. The molecule has 2 saturated carbocycles. The highest BCUT2D eigenvalue weighted by Crippen LogP contribution is 2.33. The molecule has 0 aliphatic heterocycles. The summed E-state index contributed by atoms with van der Waals surface area (Å²) in [5, 5.41) is 4.17. The van der Waals surface area contributed by atoms with Crippen LogP contribution < -0.4 is 5.32 Å². The molecule has 0 radical (unpaired) electrons. The van der Waals surface area contributed by atoms with Crippen LogP contribution in [0.5, 0.6) is 0 Å². The molecule has 2 nitrogen and oxygen atoms in total. The van der Waals surface area contributed by atoms with Gasteiger partial charge in [0.1, 0.15) is 0 Å². The maximum absolute atomic E-state index is 11.8. The van der Waals surface area contributed by atoms with Gasteiger partial charge in [0, 0.05) is 17.3 Å². The lowest BCUT2D eigenvalue weighted by atomic mass is 9.82. The summed E-state index contributed by atoms with van der Waals surface area (Å²) >= 11 is 3.54. The van der Waals surface area contributed by atoms with Gasteiger partial charge in [-0.1, -0.05) is 35.2 Å². The van der Waals surface area contributed by atoms with Crippen LogP contribution in [0.1, 0.15) is 51.4 Å². The fourth-order valence-corrected chi connectivity index (χ4v) is 3.35. The Balaban J connectivity index is 1.80. The zero-order valence-corrected chi connectivity index (χ0v) is 10.8. The Morgan fingerprint density at radius 3 is 2.40 bits per heavy atom. The molecule has 0 atom stereocenters. The normalized spacial score (nSPS) is 24.9. The average molecular weight is 274 g/mol. The van der Waals surface area contributed by atoms with Crippen LogP contribution in [0, 0.1) is 5.92 Å². The van der Waals surface area contributed by atoms with E-state index in [1.807, 2.05) is 0 Å². The molecule has 0 unspecified atom stereocenters. The van der Waals surface area contributed by atoms with Crippen LogP contribution >= 0.6 is 15.9 Å². The number of halogens is 1. The molecule has 3 heteroatoms. The molecular formula is C12H20BrNO. The third-order valence-corrected chi connectivity index (χ3v) is 4.99. The van der Waals surface area contributed by atoms with Crippen molar-refractivity contribution < 1.29 is 4.79 Å². The zero-order valence-electron chi connectivity index (χ0n) is 9.23. The fraction of sp³-hybridized carbons (Fsp3) is 0.917. The first kappa shape index (κ1) is 11.4. The van der Waals surface area contributed by atoms with Gasteiger partial charge in [0.2, 0.25) is 5.91 Å². The Hall–Kier alpha value is -0.0500. The van der Waals surface area contributed by atoms with Crippen molar-refractivity contribution >= 4 is 21.8 Å². The second kappa shape index (κ2) is 4.86. The van der Waals surface area contributed by atoms with Crippen molar-refractivity contribution in [1.29, 1.82) is 0 Å². The predicted octanol–water partition coefficient (Wildman–Crippen LogP) is 3.00. The number of carbonyl (C=O) groups excluding carboxylic acids is 1. The minimum atomic E-state index is 0.0842. The van der Waals surface area contributed by atoms with Crippen LogP contribution in [-0.4, -0.2) is 16.8 Å². The quantitative estimate of drug-likeness (QED) is 0.784. The lowest BCUT2D eigenvalue weighted by Crippen LogP contribution is -2.48. The Morgan fingerprint density at radius 1 is 1.27 bits per heavy atom. The van der Waals surface area contributed by atoms with Gasteiger partial charge in [-0.3, -0.25) is 4.79 Å². The van der Waals surface area contributed by atoms with E-state index in [4.69, 9.17) is 0 Å². The van der Waals surface area contributed by atoms with Crippen LogP contribution in [0.25, 0.3) is 0 Å². The van der Waals surface area contributed by atoms with Crippen molar-refractivity contribution in [2.24, 2.45) is 5.92 Å². The number of amides is 1. The minimum Gasteiger partial charge on any atom is -0.350 e. The van der Waals surface area contributed by atoms with E-state index in [0.717, 1.165) is 24.6 Å². The molecule has 0 spiro atoms. The molecule has 2 aliphatic rings. The third-order valence-electron chi connectivity index (χ3n) is 3.92. The summed E-state index contributed by atoms with van der Waals surface area (Å²) in [6.45, 7) is 0. The topological polar surface area (TPSA) is 29.1 Å². The van der Waals surface area contributed by atoms with Crippen molar-refractivity contribution in [1.82, 2.24) is 5.32 Å². The largest absolute Gasteiger partial charge is 0.350 e. The molecular weight excluding hydrogens is 254 g/mol. The Morgan fingerprint density at radius 2 is 1.93 bits per heavy atom. The highest BCUT2D eigenvalue weighted by Gasteiger charge is 2.34. The summed E-state index contributed by atoms with van der Waals surface area (Å²) in [6, 6.07) is 0. The number of hydrogen-bond acceptors (Lipinski definition) is 1. The first-order valence-electron chi connectivity index (χ1n) is 6.11. The van der Waals surface area contributed by atoms with Crippen LogP contribution in [-0.2, 0) is 4.79 Å². The molecule has 15 heavy (non-hydrogen) atoms.